The number of hydrogen-bond donors (Lipinski definition) is 1. The largest absolute Gasteiger partial charge is 0.329 e. The molecule has 1 aromatic heterocycles. The monoisotopic (exact) mass is 283 g/mol. The molecule has 1 aromatic carbocycles. The van der Waals surface area contributed by atoms with Gasteiger partial charge < -0.3 is 5.73 Å². The summed E-state index contributed by atoms with van der Waals surface area (Å²) in [5.74, 6) is 0.815. The average Bonchev–Trinajstić information content (AvgIpc) is 2.56. The second-order valence-electron chi connectivity index (χ2n) is 6.09. The molecule has 0 spiro atoms. The molecule has 2 atom stereocenters. The highest BCUT2D eigenvalue weighted by atomic mass is 15.2. The molecule has 0 radical (unpaired) electrons. The van der Waals surface area contributed by atoms with Crippen LogP contribution in [0.5, 0.6) is 0 Å². The lowest BCUT2D eigenvalue weighted by Crippen LogP contribution is -2.41. The summed E-state index contributed by atoms with van der Waals surface area (Å²) in [5, 5.41) is 1.21. The van der Waals surface area contributed by atoms with Crippen LogP contribution in [0.2, 0.25) is 0 Å². The van der Waals surface area contributed by atoms with Crippen molar-refractivity contribution in [3.05, 3.63) is 42.1 Å². The number of benzene rings is 1. The van der Waals surface area contributed by atoms with Crippen molar-refractivity contribution >= 4 is 10.9 Å². The van der Waals surface area contributed by atoms with Crippen molar-refractivity contribution in [3.63, 3.8) is 0 Å². The van der Waals surface area contributed by atoms with Crippen molar-refractivity contribution in [2.45, 2.75) is 32.2 Å². The molecule has 3 rings (SSSR count). The number of aromatic nitrogens is 1. The topological polar surface area (TPSA) is 42.1 Å². The fraction of sp³-hybridized carbons (Fsp3) is 0.500. The van der Waals surface area contributed by atoms with Gasteiger partial charge in [-0.15, -0.1) is 0 Å². The van der Waals surface area contributed by atoms with Crippen LogP contribution in [-0.4, -0.2) is 29.5 Å². The molecular weight excluding hydrogens is 258 g/mol. The number of hydrogen-bond acceptors (Lipinski definition) is 3. The van der Waals surface area contributed by atoms with E-state index in [-0.39, 0.29) is 6.04 Å². The Morgan fingerprint density at radius 1 is 1.33 bits per heavy atom. The molecule has 0 amide bonds. The molecule has 112 valence electrons. The first-order chi connectivity index (χ1) is 10.3. The number of pyridine rings is 1. The number of likely N-dealkylation sites (tertiary alicyclic amines) is 1. The fourth-order valence-corrected chi connectivity index (χ4v) is 3.58. The number of nitrogens with two attached hydrogens (primary N) is 1. The van der Waals surface area contributed by atoms with Crippen molar-refractivity contribution < 1.29 is 0 Å². The van der Waals surface area contributed by atoms with E-state index in [1.807, 2.05) is 12.3 Å². The molecule has 3 nitrogen and oxygen atoms in total. The molecule has 1 aliphatic rings. The second kappa shape index (κ2) is 6.54. The van der Waals surface area contributed by atoms with E-state index in [1.165, 1.54) is 36.8 Å². The molecule has 2 unspecified atom stereocenters. The standard InChI is InChI=1S/C18H25N3/c1-2-14-6-5-11-21(13-14)17(12-19)16-9-3-7-15-8-4-10-20-18(15)16/h3-4,7-10,14,17H,2,5-6,11-13,19H2,1H3. The van der Waals surface area contributed by atoms with Crippen LogP contribution in [0.25, 0.3) is 10.9 Å². The maximum absolute atomic E-state index is 6.14. The Labute approximate surface area is 127 Å². The molecule has 3 heteroatoms. The third-order valence-corrected chi connectivity index (χ3v) is 4.81. The smallest absolute Gasteiger partial charge is 0.0750 e. The third-order valence-electron chi connectivity index (χ3n) is 4.81. The first-order valence-electron chi connectivity index (χ1n) is 8.11. The minimum atomic E-state index is 0.290. The van der Waals surface area contributed by atoms with Gasteiger partial charge in [-0.1, -0.05) is 37.6 Å². The van der Waals surface area contributed by atoms with Gasteiger partial charge in [-0.25, -0.2) is 0 Å². The van der Waals surface area contributed by atoms with Crippen molar-refractivity contribution in [1.29, 1.82) is 0 Å². The molecule has 2 aromatic rings. The minimum absolute atomic E-state index is 0.290. The van der Waals surface area contributed by atoms with Gasteiger partial charge in [-0.05, 0) is 36.9 Å². The molecule has 21 heavy (non-hydrogen) atoms. The summed E-state index contributed by atoms with van der Waals surface area (Å²) in [6.07, 6.45) is 5.79. The number of rotatable bonds is 4. The van der Waals surface area contributed by atoms with E-state index in [9.17, 15) is 0 Å². The van der Waals surface area contributed by atoms with E-state index < -0.39 is 0 Å². The molecule has 1 aliphatic heterocycles. The van der Waals surface area contributed by atoms with Gasteiger partial charge in [-0.3, -0.25) is 9.88 Å². The summed E-state index contributed by atoms with van der Waals surface area (Å²) in [4.78, 5) is 7.17. The quantitative estimate of drug-likeness (QED) is 0.935. The maximum Gasteiger partial charge on any atom is 0.0750 e. The molecular formula is C18H25N3. The molecule has 2 N–H and O–H groups in total. The SMILES string of the molecule is CCC1CCCN(C(CN)c2cccc3cccnc23)C1. The lowest BCUT2D eigenvalue weighted by Gasteiger charge is -2.38. The van der Waals surface area contributed by atoms with Gasteiger partial charge in [0.15, 0.2) is 0 Å². The Hall–Kier alpha value is -1.45. The fourth-order valence-electron chi connectivity index (χ4n) is 3.58. The zero-order valence-electron chi connectivity index (χ0n) is 12.8. The molecule has 1 fully saturated rings. The number of fused-ring (bicyclic) bond motifs is 1. The van der Waals surface area contributed by atoms with Crippen LogP contribution < -0.4 is 5.73 Å². The first-order valence-corrected chi connectivity index (χ1v) is 8.11. The summed E-state index contributed by atoms with van der Waals surface area (Å²) < 4.78 is 0. The molecule has 0 bridgehead atoms. The highest BCUT2D eigenvalue weighted by Crippen LogP contribution is 2.30. The summed E-state index contributed by atoms with van der Waals surface area (Å²) >= 11 is 0. The van der Waals surface area contributed by atoms with Crippen molar-refractivity contribution in [1.82, 2.24) is 9.88 Å². The lowest BCUT2D eigenvalue weighted by atomic mass is 9.92. The van der Waals surface area contributed by atoms with Crippen LogP contribution in [0.3, 0.4) is 0 Å². The van der Waals surface area contributed by atoms with E-state index in [4.69, 9.17) is 5.73 Å². The zero-order valence-corrected chi connectivity index (χ0v) is 12.8. The van der Waals surface area contributed by atoms with Gasteiger partial charge in [0.1, 0.15) is 0 Å². The van der Waals surface area contributed by atoms with Gasteiger partial charge in [-0.2, -0.15) is 0 Å². The average molecular weight is 283 g/mol. The normalized spacial score (nSPS) is 21.5. The summed E-state index contributed by atoms with van der Waals surface area (Å²) in [5.41, 5.74) is 8.53. The lowest BCUT2D eigenvalue weighted by molar-refractivity contribution is 0.125. The number of para-hydroxylation sites is 1. The van der Waals surface area contributed by atoms with E-state index in [1.54, 1.807) is 0 Å². The second-order valence-corrected chi connectivity index (χ2v) is 6.09. The van der Waals surface area contributed by atoms with Crippen molar-refractivity contribution in [2.24, 2.45) is 11.7 Å². The van der Waals surface area contributed by atoms with E-state index in [0.717, 1.165) is 18.0 Å². The highest BCUT2D eigenvalue weighted by molar-refractivity contribution is 5.82. The van der Waals surface area contributed by atoms with Crippen LogP contribution in [0, 0.1) is 5.92 Å². The van der Waals surface area contributed by atoms with Crippen LogP contribution in [-0.2, 0) is 0 Å². The highest BCUT2D eigenvalue weighted by Gasteiger charge is 2.26. The maximum atomic E-state index is 6.14. The summed E-state index contributed by atoms with van der Waals surface area (Å²) in [6, 6.07) is 10.9. The Balaban J connectivity index is 1.94. The van der Waals surface area contributed by atoms with Gasteiger partial charge in [0.05, 0.1) is 5.52 Å². The summed E-state index contributed by atoms with van der Waals surface area (Å²) in [7, 11) is 0. The van der Waals surface area contributed by atoms with Crippen LogP contribution in [0.1, 0.15) is 37.8 Å². The van der Waals surface area contributed by atoms with E-state index in [0.29, 0.717) is 6.54 Å². The Bertz CT molecular complexity index is 591. The molecule has 0 saturated carbocycles. The predicted octanol–water partition coefficient (Wildman–Crippen LogP) is 3.36. The number of nitrogens with zero attached hydrogens (tertiary/aromatic N) is 2. The Kier molecular flexibility index (Phi) is 4.51. The predicted molar refractivity (Wildman–Crippen MR) is 88.1 cm³/mol. The molecule has 0 aliphatic carbocycles. The molecule has 2 heterocycles. The van der Waals surface area contributed by atoms with Gasteiger partial charge in [0.25, 0.3) is 0 Å². The van der Waals surface area contributed by atoms with Gasteiger partial charge in [0, 0.05) is 30.7 Å². The van der Waals surface area contributed by atoms with E-state index >= 15 is 0 Å². The van der Waals surface area contributed by atoms with Crippen molar-refractivity contribution in [3.8, 4) is 0 Å². The first kappa shape index (κ1) is 14.5. The van der Waals surface area contributed by atoms with E-state index in [2.05, 4.69) is 41.1 Å². The Morgan fingerprint density at radius 2 is 2.19 bits per heavy atom. The zero-order chi connectivity index (χ0) is 14.7. The van der Waals surface area contributed by atoms with Gasteiger partial charge >= 0.3 is 0 Å². The van der Waals surface area contributed by atoms with Crippen LogP contribution >= 0.6 is 0 Å². The van der Waals surface area contributed by atoms with Crippen LogP contribution in [0.4, 0.5) is 0 Å². The van der Waals surface area contributed by atoms with Gasteiger partial charge in [0.2, 0.25) is 0 Å². The molecule has 1 saturated heterocycles. The third kappa shape index (κ3) is 2.94. The van der Waals surface area contributed by atoms with Crippen molar-refractivity contribution in [2.75, 3.05) is 19.6 Å². The summed E-state index contributed by atoms with van der Waals surface area (Å²) in [6.45, 7) is 5.28. The number of piperidine rings is 1. The Morgan fingerprint density at radius 3 is 3.00 bits per heavy atom. The van der Waals surface area contributed by atoms with Crippen LogP contribution in [0.15, 0.2) is 36.5 Å². The minimum Gasteiger partial charge on any atom is -0.329 e.